The molecule has 0 spiro atoms. The minimum absolute atomic E-state index is 0.0921. The van der Waals surface area contributed by atoms with Crippen molar-refractivity contribution in [1.29, 1.82) is 0 Å². The molecule has 1 aromatic rings. The number of rotatable bonds is 5. The lowest BCUT2D eigenvalue weighted by molar-refractivity contribution is -0.138. The van der Waals surface area contributed by atoms with Gasteiger partial charge in [0.2, 0.25) is 15.9 Å². The van der Waals surface area contributed by atoms with E-state index < -0.39 is 26.6 Å². The molecule has 1 saturated carbocycles. The Kier molecular flexibility index (Phi) is 7.14. The molecule has 1 saturated heterocycles. The molecule has 1 aliphatic heterocycles. The monoisotopic (exact) mass is 443 g/mol. The van der Waals surface area contributed by atoms with Gasteiger partial charge in [0.1, 0.15) is 16.5 Å². The van der Waals surface area contributed by atoms with Crippen molar-refractivity contribution in [2.24, 2.45) is 5.92 Å². The second-order valence-electron chi connectivity index (χ2n) is 8.56. The normalized spacial score (nSPS) is 23.9. The predicted molar refractivity (Wildman–Crippen MR) is 110 cm³/mol. The third-order valence-corrected chi connectivity index (χ3v) is 8.41. The van der Waals surface area contributed by atoms with E-state index in [-0.39, 0.29) is 17.9 Å². The average molecular weight is 444 g/mol. The first-order chi connectivity index (χ1) is 14.1. The van der Waals surface area contributed by atoms with Crippen molar-refractivity contribution < 1.29 is 22.0 Å². The van der Waals surface area contributed by atoms with E-state index in [2.05, 4.69) is 18.7 Å². The Bertz CT molecular complexity index is 862. The first kappa shape index (κ1) is 23.1. The van der Waals surface area contributed by atoms with Crippen LogP contribution in [0.15, 0.2) is 23.1 Å². The van der Waals surface area contributed by atoms with Crippen molar-refractivity contribution in [3.8, 4) is 0 Å². The van der Waals surface area contributed by atoms with Crippen molar-refractivity contribution in [3.63, 3.8) is 0 Å². The molecule has 0 N–H and O–H groups in total. The van der Waals surface area contributed by atoms with Crippen LogP contribution in [-0.4, -0.2) is 73.7 Å². The van der Waals surface area contributed by atoms with E-state index in [0.29, 0.717) is 37.8 Å². The number of carbonyl (C=O) groups is 1. The molecule has 0 radical (unpaired) electrons. The van der Waals surface area contributed by atoms with Gasteiger partial charge in [-0.2, -0.15) is 4.31 Å². The van der Waals surface area contributed by atoms with Crippen LogP contribution in [0.1, 0.15) is 39.5 Å². The van der Waals surface area contributed by atoms with Gasteiger partial charge in [0.05, 0.1) is 0 Å². The number of carbonyl (C=O) groups excluding carboxylic acids is 1. The maximum atomic E-state index is 14.0. The molecule has 6 nitrogen and oxygen atoms in total. The number of sulfonamides is 1. The molecule has 2 fully saturated rings. The van der Waals surface area contributed by atoms with Crippen molar-refractivity contribution >= 4 is 15.9 Å². The van der Waals surface area contributed by atoms with Crippen LogP contribution < -0.4 is 0 Å². The molecule has 0 bridgehead atoms. The van der Waals surface area contributed by atoms with Gasteiger partial charge in [-0.1, -0.05) is 0 Å². The van der Waals surface area contributed by atoms with E-state index >= 15 is 0 Å². The lowest BCUT2D eigenvalue weighted by Crippen LogP contribution is -2.52. The van der Waals surface area contributed by atoms with E-state index in [1.807, 2.05) is 4.90 Å². The minimum atomic E-state index is -4.07. The molecule has 1 aliphatic carbocycles. The zero-order valence-corrected chi connectivity index (χ0v) is 18.7. The smallest absolute Gasteiger partial charge is 0.245 e. The van der Waals surface area contributed by atoms with Gasteiger partial charge in [-0.05, 0) is 51.7 Å². The van der Waals surface area contributed by atoms with Gasteiger partial charge < -0.3 is 4.90 Å². The van der Waals surface area contributed by atoms with Gasteiger partial charge >= 0.3 is 0 Å². The Labute approximate surface area is 177 Å². The Morgan fingerprint density at radius 1 is 1.07 bits per heavy atom. The van der Waals surface area contributed by atoms with E-state index in [1.54, 1.807) is 0 Å². The Balaban J connectivity index is 1.58. The molecule has 1 heterocycles. The fraction of sp³-hybridized carbons (Fsp3) is 0.667. The van der Waals surface area contributed by atoms with Crippen molar-refractivity contribution in [2.75, 3.05) is 33.2 Å². The number of halogens is 2. The lowest BCUT2D eigenvalue weighted by Gasteiger charge is -2.40. The maximum absolute atomic E-state index is 14.0. The summed E-state index contributed by atoms with van der Waals surface area (Å²) >= 11 is 0. The Morgan fingerprint density at radius 2 is 1.67 bits per heavy atom. The van der Waals surface area contributed by atoms with Gasteiger partial charge in [-0.15, -0.1) is 0 Å². The molecule has 1 aromatic carbocycles. The number of hydrogen-bond donors (Lipinski definition) is 0. The van der Waals surface area contributed by atoms with Gasteiger partial charge in [0.15, 0.2) is 0 Å². The maximum Gasteiger partial charge on any atom is 0.245 e. The minimum Gasteiger partial charge on any atom is -0.340 e. The first-order valence-corrected chi connectivity index (χ1v) is 12.0. The molecule has 30 heavy (non-hydrogen) atoms. The molecule has 9 heteroatoms. The van der Waals surface area contributed by atoms with E-state index in [0.717, 1.165) is 38.3 Å². The van der Waals surface area contributed by atoms with Crippen molar-refractivity contribution in [1.82, 2.24) is 14.1 Å². The van der Waals surface area contributed by atoms with Crippen molar-refractivity contribution in [2.45, 2.75) is 56.5 Å². The van der Waals surface area contributed by atoms with E-state index in [9.17, 15) is 22.0 Å². The fourth-order valence-corrected chi connectivity index (χ4v) is 5.90. The number of hydrogen-bond acceptors (Lipinski definition) is 4. The molecule has 0 atom stereocenters. The standard InChI is InChI=1S/C21H31F2N3O3S/c1-15(2)25-10-12-26(13-11-25)21(27)16-4-7-18(8-5-16)24(3)30(28,29)20-9-6-17(22)14-19(20)23/h6,9,14-16,18H,4-5,7-8,10-13H2,1-3H3. The molecular formula is C21H31F2N3O3S. The van der Waals surface area contributed by atoms with Gasteiger partial charge in [-0.3, -0.25) is 9.69 Å². The highest BCUT2D eigenvalue weighted by Gasteiger charge is 2.36. The van der Waals surface area contributed by atoms with Crippen LogP contribution in [0, 0.1) is 17.6 Å². The molecule has 0 unspecified atom stereocenters. The summed E-state index contributed by atoms with van der Waals surface area (Å²) in [5.74, 6) is -1.84. The number of benzene rings is 1. The van der Waals surface area contributed by atoms with Gasteiger partial charge in [0.25, 0.3) is 0 Å². The van der Waals surface area contributed by atoms with Crippen LogP contribution in [0.4, 0.5) is 8.78 Å². The molecule has 168 valence electrons. The van der Waals surface area contributed by atoms with Crippen molar-refractivity contribution in [3.05, 3.63) is 29.8 Å². The van der Waals surface area contributed by atoms with E-state index in [4.69, 9.17) is 0 Å². The number of piperazine rings is 1. The largest absolute Gasteiger partial charge is 0.340 e. The lowest BCUT2D eigenvalue weighted by atomic mass is 9.85. The fourth-order valence-electron chi connectivity index (χ4n) is 4.44. The first-order valence-electron chi connectivity index (χ1n) is 10.6. The third kappa shape index (κ3) is 4.84. The second kappa shape index (κ2) is 9.28. The Hall–Kier alpha value is -1.58. The SMILES string of the molecule is CC(C)N1CCN(C(=O)C2CCC(N(C)S(=O)(=O)c3ccc(F)cc3F)CC2)CC1. The zero-order chi connectivity index (χ0) is 22.1. The molecular weight excluding hydrogens is 412 g/mol. The molecule has 3 rings (SSSR count). The third-order valence-electron chi connectivity index (χ3n) is 6.47. The molecule has 2 aliphatic rings. The van der Waals surface area contributed by atoms with Gasteiger partial charge in [0, 0.05) is 57.3 Å². The molecule has 1 amide bonds. The number of nitrogens with zero attached hydrogens (tertiary/aromatic N) is 3. The van der Waals surface area contributed by atoms with E-state index in [1.165, 1.54) is 11.4 Å². The van der Waals surface area contributed by atoms with Crippen LogP contribution in [0.3, 0.4) is 0 Å². The summed E-state index contributed by atoms with van der Waals surface area (Å²) in [5.41, 5.74) is 0. The highest BCUT2D eigenvalue weighted by Crippen LogP contribution is 2.32. The highest BCUT2D eigenvalue weighted by molar-refractivity contribution is 7.89. The van der Waals surface area contributed by atoms with Crippen LogP contribution in [-0.2, 0) is 14.8 Å². The van der Waals surface area contributed by atoms with Crippen LogP contribution in [0.2, 0.25) is 0 Å². The summed E-state index contributed by atoms with van der Waals surface area (Å²) < 4.78 is 53.9. The quantitative estimate of drug-likeness (QED) is 0.702. The summed E-state index contributed by atoms with van der Waals surface area (Å²) in [4.78, 5) is 16.7. The topological polar surface area (TPSA) is 60.9 Å². The second-order valence-corrected chi connectivity index (χ2v) is 10.5. The van der Waals surface area contributed by atoms with Gasteiger partial charge in [-0.25, -0.2) is 17.2 Å². The van der Waals surface area contributed by atoms with Crippen LogP contribution in [0.25, 0.3) is 0 Å². The number of amides is 1. The Morgan fingerprint density at radius 3 is 2.20 bits per heavy atom. The summed E-state index contributed by atoms with van der Waals surface area (Å²) in [7, 11) is -2.64. The average Bonchev–Trinajstić information content (AvgIpc) is 2.72. The highest BCUT2D eigenvalue weighted by atomic mass is 32.2. The summed E-state index contributed by atoms with van der Waals surface area (Å²) in [6.45, 7) is 7.53. The van der Waals surface area contributed by atoms with Crippen LogP contribution >= 0.6 is 0 Å². The van der Waals surface area contributed by atoms with Crippen LogP contribution in [0.5, 0.6) is 0 Å². The predicted octanol–water partition coefficient (Wildman–Crippen LogP) is 2.70. The molecule has 0 aromatic heterocycles. The zero-order valence-electron chi connectivity index (χ0n) is 17.9. The summed E-state index contributed by atoms with van der Waals surface area (Å²) in [6, 6.07) is 2.65. The summed E-state index contributed by atoms with van der Waals surface area (Å²) in [6.07, 6.45) is 2.31. The summed E-state index contributed by atoms with van der Waals surface area (Å²) in [5, 5.41) is 0.